The van der Waals surface area contributed by atoms with E-state index in [9.17, 15) is 9.59 Å². The van der Waals surface area contributed by atoms with Crippen molar-refractivity contribution in [3.8, 4) is 0 Å². The molecule has 1 N–H and O–H groups in total. The van der Waals surface area contributed by atoms with Crippen molar-refractivity contribution in [2.45, 2.75) is 18.1 Å². The molecule has 2 heterocycles. The average Bonchev–Trinajstić information content (AvgIpc) is 3.12. The highest BCUT2D eigenvalue weighted by molar-refractivity contribution is 8.15. The zero-order chi connectivity index (χ0) is 18.3. The normalized spacial score (nSPS) is 17.1. The second kappa shape index (κ2) is 6.95. The lowest BCUT2D eigenvalue weighted by molar-refractivity contribution is -0.118. The van der Waals surface area contributed by atoms with Crippen LogP contribution >= 0.6 is 35.0 Å². The Bertz CT molecular complexity index is 1030. The first-order chi connectivity index (χ1) is 12.5. The molecule has 1 atom stereocenters. The van der Waals surface area contributed by atoms with E-state index in [-0.39, 0.29) is 11.1 Å². The molecule has 3 aromatic rings. The smallest absolute Gasteiger partial charge is 0.286 e. The summed E-state index contributed by atoms with van der Waals surface area (Å²) in [7, 11) is 0. The quantitative estimate of drug-likeness (QED) is 0.684. The van der Waals surface area contributed by atoms with Crippen LogP contribution in [0, 0.1) is 0 Å². The lowest BCUT2D eigenvalue weighted by Crippen LogP contribution is -2.25. The number of amides is 2. The van der Waals surface area contributed by atoms with E-state index < -0.39 is 5.25 Å². The number of hydrogen-bond donors (Lipinski definition) is 1. The van der Waals surface area contributed by atoms with Crippen LogP contribution in [-0.4, -0.2) is 21.4 Å². The molecule has 0 aliphatic carbocycles. The minimum absolute atomic E-state index is 0.249. The van der Waals surface area contributed by atoms with Crippen LogP contribution in [0.3, 0.4) is 0 Å². The number of oxazole rings is 1. The van der Waals surface area contributed by atoms with Crippen molar-refractivity contribution in [1.82, 2.24) is 10.3 Å². The number of fused-ring (bicyclic) bond motifs is 1. The monoisotopic (exact) mass is 406 g/mol. The summed E-state index contributed by atoms with van der Waals surface area (Å²) in [4.78, 5) is 27.5. The number of carbonyl (C=O) groups is 2. The average molecular weight is 407 g/mol. The molecule has 2 aromatic carbocycles. The fourth-order valence-corrected chi connectivity index (χ4v) is 3.97. The van der Waals surface area contributed by atoms with Gasteiger partial charge in [0.2, 0.25) is 5.91 Å². The van der Waals surface area contributed by atoms with Crippen LogP contribution in [0.5, 0.6) is 0 Å². The third kappa shape index (κ3) is 3.58. The molecule has 26 heavy (non-hydrogen) atoms. The SMILES string of the molecule is O=C1NC(=O)C(Cc2ccc3oc(Cc4ccc(Cl)c(Cl)c4)nc3c2)S1. The van der Waals surface area contributed by atoms with Crippen LogP contribution in [0.4, 0.5) is 4.79 Å². The van der Waals surface area contributed by atoms with Crippen LogP contribution < -0.4 is 5.32 Å². The Morgan fingerprint density at radius 2 is 1.88 bits per heavy atom. The van der Waals surface area contributed by atoms with Gasteiger partial charge in [0, 0.05) is 6.42 Å². The first kappa shape index (κ1) is 17.4. The molecule has 1 aliphatic rings. The number of thioether (sulfide) groups is 1. The Morgan fingerprint density at radius 1 is 1.08 bits per heavy atom. The fourth-order valence-electron chi connectivity index (χ4n) is 2.79. The van der Waals surface area contributed by atoms with Crippen LogP contribution in [0.25, 0.3) is 11.1 Å². The molecule has 4 rings (SSSR count). The lowest BCUT2D eigenvalue weighted by Gasteiger charge is -2.04. The van der Waals surface area contributed by atoms with E-state index in [0.29, 0.717) is 39.9 Å². The van der Waals surface area contributed by atoms with E-state index in [1.54, 1.807) is 12.1 Å². The van der Waals surface area contributed by atoms with E-state index in [1.807, 2.05) is 24.3 Å². The van der Waals surface area contributed by atoms with Gasteiger partial charge in [-0.15, -0.1) is 0 Å². The van der Waals surface area contributed by atoms with E-state index in [1.165, 1.54) is 0 Å². The number of carbonyl (C=O) groups excluding carboxylic acids is 2. The first-order valence-corrected chi connectivity index (χ1v) is 9.45. The van der Waals surface area contributed by atoms with Gasteiger partial charge < -0.3 is 4.42 Å². The molecule has 1 aliphatic heterocycles. The number of nitrogens with zero attached hydrogens (tertiary/aromatic N) is 1. The van der Waals surface area contributed by atoms with Gasteiger partial charge >= 0.3 is 0 Å². The van der Waals surface area contributed by atoms with Crippen LogP contribution in [0.15, 0.2) is 40.8 Å². The maximum atomic E-state index is 11.7. The van der Waals surface area contributed by atoms with Crippen molar-refractivity contribution in [1.29, 1.82) is 0 Å². The molecule has 2 amide bonds. The first-order valence-electron chi connectivity index (χ1n) is 7.82. The maximum Gasteiger partial charge on any atom is 0.286 e. The third-order valence-electron chi connectivity index (χ3n) is 4.02. The van der Waals surface area contributed by atoms with Gasteiger partial charge in [-0.2, -0.15) is 0 Å². The van der Waals surface area contributed by atoms with Gasteiger partial charge in [0.05, 0.1) is 15.3 Å². The number of aromatic nitrogens is 1. The highest BCUT2D eigenvalue weighted by Crippen LogP contribution is 2.27. The van der Waals surface area contributed by atoms with E-state index in [2.05, 4.69) is 10.3 Å². The molecular formula is C18H12Cl2N2O3S. The van der Waals surface area contributed by atoms with Gasteiger partial charge in [-0.1, -0.05) is 47.1 Å². The van der Waals surface area contributed by atoms with Gasteiger partial charge in [-0.05, 0) is 41.8 Å². The lowest BCUT2D eigenvalue weighted by atomic mass is 10.1. The van der Waals surface area contributed by atoms with Crippen molar-refractivity contribution in [3.63, 3.8) is 0 Å². The van der Waals surface area contributed by atoms with Crippen molar-refractivity contribution >= 4 is 57.2 Å². The van der Waals surface area contributed by atoms with Gasteiger partial charge in [-0.25, -0.2) is 4.98 Å². The standard InChI is InChI=1S/C18H12Cl2N2O3S/c19-11-3-1-9(5-12(11)20)8-16-21-13-6-10(2-4-14(13)25-16)7-15-17(23)22-18(24)26-15/h1-6,15H,7-8H2,(H,22,23,24). The second-order valence-corrected chi connectivity index (χ2v) is 7.91. The van der Waals surface area contributed by atoms with Crippen LogP contribution in [-0.2, 0) is 17.6 Å². The number of benzene rings is 2. The number of nitrogens with one attached hydrogen (secondary N) is 1. The van der Waals surface area contributed by atoms with Gasteiger partial charge in [-0.3, -0.25) is 14.9 Å². The number of hydrogen-bond acceptors (Lipinski definition) is 5. The molecule has 0 radical (unpaired) electrons. The zero-order valence-electron chi connectivity index (χ0n) is 13.3. The molecule has 1 fully saturated rings. The molecule has 0 bridgehead atoms. The van der Waals surface area contributed by atoms with Gasteiger partial charge in [0.25, 0.3) is 5.24 Å². The maximum absolute atomic E-state index is 11.7. The largest absolute Gasteiger partial charge is 0.440 e. The van der Waals surface area contributed by atoms with Crippen molar-refractivity contribution in [2.24, 2.45) is 0 Å². The molecule has 5 nitrogen and oxygen atoms in total. The molecule has 1 unspecified atom stereocenters. The molecular weight excluding hydrogens is 395 g/mol. The van der Waals surface area contributed by atoms with Crippen LogP contribution in [0.2, 0.25) is 10.0 Å². The van der Waals surface area contributed by atoms with E-state index >= 15 is 0 Å². The topological polar surface area (TPSA) is 72.2 Å². The Morgan fingerprint density at radius 3 is 2.62 bits per heavy atom. The second-order valence-electron chi connectivity index (χ2n) is 5.92. The highest BCUT2D eigenvalue weighted by Gasteiger charge is 2.31. The molecule has 132 valence electrons. The predicted molar refractivity (Wildman–Crippen MR) is 102 cm³/mol. The Kier molecular flexibility index (Phi) is 4.65. The molecule has 1 aromatic heterocycles. The predicted octanol–water partition coefficient (Wildman–Crippen LogP) is 4.62. The number of halogens is 2. The number of imide groups is 1. The van der Waals surface area contributed by atoms with E-state index in [0.717, 1.165) is 22.9 Å². The van der Waals surface area contributed by atoms with E-state index in [4.69, 9.17) is 27.6 Å². The summed E-state index contributed by atoms with van der Waals surface area (Å²) in [5.74, 6) is 0.319. The van der Waals surface area contributed by atoms with Gasteiger partial charge in [0.15, 0.2) is 11.5 Å². The Balaban J connectivity index is 1.54. The summed E-state index contributed by atoms with van der Waals surface area (Å²) in [6.45, 7) is 0. The minimum atomic E-state index is -0.400. The third-order valence-corrected chi connectivity index (χ3v) is 5.74. The summed E-state index contributed by atoms with van der Waals surface area (Å²) >= 11 is 13.0. The number of rotatable bonds is 4. The van der Waals surface area contributed by atoms with Crippen molar-refractivity contribution in [3.05, 3.63) is 63.5 Å². The molecule has 0 saturated carbocycles. The highest BCUT2D eigenvalue weighted by atomic mass is 35.5. The van der Waals surface area contributed by atoms with Crippen molar-refractivity contribution < 1.29 is 14.0 Å². The fraction of sp³-hybridized carbons (Fsp3) is 0.167. The Labute approximate surface area is 163 Å². The van der Waals surface area contributed by atoms with Gasteiger partial charge in [0.1, 0.15) is 5.52 Å². The molecule has 0 spiro atoms. The Hall–Kier alpha value is -2.02. The molecule has 8 heteroatoms. The minimum Gasteiger partial charge on any atom is -0.440 e. The summed E-state index contributed by atoms with van der Waals surface area (Å²) in [5.41, 5.74) is 3.26. The summed E-state index contributed by atoms with van der Waals surface area (Å²) in [5, 5.41) is 2.59. The summed E-state index contributed by atoms with van der Waals surface area (Å²) in [6, 6.07) is 11.0. The van der Waals surface area contributed by atoms with Crippen molar-refractivity contribution in [2.75, 3.05) is 0 Å². The van der Waals surface area contributed by atoms with Crippen LogP contribution in [0.1, 0.15) is 17.0 Å². The summed E-state index contributed by atoms with van der Waals surface area (Å²) in [6.07, 6.45) is 0.962. The summed E-state index contributed by atoms with van der Waals surface area (Å²) < 4.78 is 5.78. The zero-order valence-corrected chi connectivity index (χ0v) is 15.6. The molecule has 1 saturated heterocycles.